The summed E-state index contributed by atoms with van der Waals surface area (Å²) in [7, 11) is 1.76. The van der Waals surface area contributed by atoms with E-state index in [9.17, 15) is 0 Å². The zero-order valence-electron chi connectivity index (χ0n) is 11.7. The van der Waals surface area contributed by atoms with Crippen molar-refractivity contribution < 1.29 is 4.74 Å². The van der Waals surface area contributed by atoms with Crippen LogP contribution in [0.2, 0.25) is 0 Å². The molecule has 0 saturated heterocycles. The van der Waals surface area contributed by atoms with E-state index in [1.54, 1.807) is 7.11 Å². The lowest BCUT2D eigenvalue weighted by Crippen LogP contribution is -2.24. The third-order valence-electron chi connectivity index (χ3n) is 2.84. The Labute approximate surface area is 116 Å². The van der Waals surface area contributed by atoms with Crippen LogP contribution in [0, 0.1) is 6.92 Å². The zero-order chi connectivity index (χ0) is 13.2. The highest BCUT2D eigenvalue weighted by Gasteiger charge is 2.10. The molecule has 1 rings (SSSR count). The second kappa shape index (κ2) is 9.42. The fraction of sp³-hybridized carbons (Fsp3) is 0.600. The van der Waals surface area contributed by atoms with Gasteiger partial charge in [-0.05, 0) is 25.5 Å². The SMILES string of the molecule is CCCNC(CSCCOC)c1ccc(C)cc1. The van der Waals surface area contributed by atoms with Crippen LogP contribution < -0.4 is 5.32 Å². The maximum Gasteiger partial charge on any atom is 0.0552 e. The minimum Gasteiger partial charge on any atom is -0.384 e. The molecule has 1 unspecified atom stereocenters. The van der Waals surface area contributed by atoms with Crippen LogP contribution in [0.1, 0.15) is 30.5 Å². The lowest BCUT2D eigenvalue weighted by Gasteiger charge is -2.19. The Bertz CT molecular complexity index is 313. The van der Waals surface area contributed by atoms with Gasteiger partial charge in [0.25, 0.3) is 0 Å². The van der Waals surface area contributed by atoms with E-state index >= 15 is 0 Å². The van der Waals surface area contributed by atoms with E-state index < -0.39 is 0 Å². The summed E-state index contributed by atoms with van der Waals surface area (Å²) in [6, 6.07) is 9.30. The number of benzene rings is 1. The van der Waals surface area contributed by atoms with Crippen molar-refractivity contribution in [3.8, 4) is 0 Å². The lowest BCUT2D eigenvalue weighted by atomic mass is 10.1. The van der Waals surface area contributed by atoms with E-state index in [1.165, 1.54) is 17.5 Å². The minimum atomic E-state index is 0.451. The quantitative estimate of drug-likeness (QED) is 0.693. The molecule has 1 N–H and O–H groups in total. The molecular formula is C15H25NOS. The zero-order valence-corrected chi connectivity index (χ0v) is 12.6. The molecule has 0 bridgehead atoms. The number of rotatable bonds is 9. The Morgan fingerprint density at radius 3 is 2.61 bits per heavy atom. The molecule has 2 nitrogen and oxygen atoms in total. The van der Waals surface area contributed by atoms with Crippen molar-refractivity contribution in [3.63, 3.8) is 0 Å². The summed E-state index contributed by atoms with van der Waals surface area (Å²) >= 11 is 1.95. The molecule has 0 fully saturated rings. The molecule has 0 heterocycles. The van der Waals surface area contributed by atoms with Crippen LogP contribution in [-0.4, -0.2) is 31.8 Å². The Hall–Kier alpha value is -0.510. The van der Waals surface area contributed by atoms with Crippen molar-refractivity contribution in [1.29, 1.82) is 0 Å². The average Bonchev–Trinajstić information content (AvgIpc) is 2.39. The summed E-state index contributed by atoms with van der Waals surface area (Å²) in [5.74, 6) is 2.17. The van der Waals surface area contributed by atoms with Gasteiger partial charge < -0.3 is 10.1 Å². The van der Waals surface area contributed by atoms with E-state index in [4.69, 9.17) is 4.74 Å². The summed E-state index contributed by atoms with van der Waals surface area (Å²) in [6.07, 6.45) is 1.17. The van der Waals surface area contributed by atoms with Crippen LogP contribution >= 0.6 is 11.8 Å². The molecule has 1 atom stereocenters. The van der Waals surface area contributed by atoms with Gasteiger partial charge in [-0.2, -0.15) is 11.8 Å². The number of hydrogen-bond donors (Lipinski definition) is 1. The lowest BCUT2D eigenvalue weighted by molar-refractivity contribution is 0.218. The molecule has 0 spiro atoms. The van der Waals surface area contributed by atoms with E-state index in [0.717, 1.165) is 24.7 Å². The summed E-state index contributed by atoms with van der Waals surface area (Å²) in [5, 5.41) is 3.62. The fourth-order valence-corrected chi connectivity index (χ4v) is 2.73. The van der Waals surface area contributed by atoms with Crippen LogP contribution in [0.4, 0.5) is 0 Å². The molecule has 0 aliphatic heterocycles. The Kier molecular flexibility index (Phi) is 8.14. The van der Waals surface area contributed by atoms with E-state index in [-0.39, 0.29) is 0 Å². The van der Waals surface area contributed by atoms with E-state index in [2.05, 4.69) is 43.4 Å². The molecule has 18 heavy (non-hydrogen) atoms. The Balaban J connectivity index is 2.51. The number of methoxy groups -OCH3 is 1. The molecule has 0 amide bonds. The normalized spacial score (nSPS) is 12.6. The van der Waals surface area contributed by atoms with Crippen molar-refractivity contribution in [2.75, 3.05) is 31.8 Å². The molecule has 0 aliphatic carbocycles. The summed E-state index contributed by atoms with van der Waals surface area (Å²) in [4.78, 5) is 0. The smallest absolute Gasteiger partial charge is 0.0552 e. The van der Waals surface area contributed by atoms with Crippen molar-refractivity contribution >= 4 is 11.8 Å². The number of aryl methyl sites for hydroxylation is 1. The highest BCUT2D eigenvalue weighted by Crippen LogP contribution is 2.19. The van der Waals surface area contributed by atoms with Crippen molar-refractivity contribution in [1.82, 2.24) is 5.32 Å². The van der Waals surface area contributed by atoms with Crippen molar-refractivity contribution in [2.45, 2.75) is 26.3 Å². The van der Waals surface area contributed by atoms with Gasteiger partial charge >= 0.3 is 0 Å². The first-order valence-corrected chi connectivity index (χ1v) is 7.80. The molecule has 0 saturated carbocycles. The first kappa shape index (κ1) is 15.5. The third kappa shape index (κ3) is 5.89. The van der Waals surface area contributed by atoms with Gasteiger partial charge in [-0.15, -0.1) is 0 Å². The Morgan fingerprint density at radius 2 is 2.00 bits per heavy atom. The maximum absolute atomic E-state index is 5.08. The van der Waals surface area contributed by atoms with E-state index in [0.29, 0.717) is 6.04 Å². The largest absolute Gasteiger partial charge is 0.384 e. The van der Waals surface area contributed by atoms with Crippen LogP contribution in [-0.2, 0) is 4.74 Å². The first-order chi connectivity index (χ1) is 8.77. The third-order valence-corrected chi connectivity index (χ3v) is 3.86. The van der Waals surface area contributed by atoms with Gasteiger partial charge in [0.15, 0.2) is 0 Å². The van der Waals surface area contributed by atoms with Gasteiger partial charge in [-0.25, -0.2) is 0 Å². The summed E-state index contributed by atoms with van der Waals surface area (Å²) in [5.41, 5.74) is 2.71. The number of nitrogens with one attached hydrogen (secondary N) is 1. The van der Waals surface area contributed by atoms with Crippen molar-refractivity contribution in [3.05, 3.63) is 35.4 Å². The summed E-state index contributed by atoms with van der Waals surface area (Å²) in [6.45, 7) is 6.24. The predicted molar refractivity (Wildman–Crippen MR) is 81.4 cm³/mol. The molecule has 102 valence electrons. The van der Waals surface area contributed by atoms with Gasteiger partial charge in [0.2, 0.25) is 0 Å². The van der Waals surface area contributed by atoms with Crippen LogP contribution in [0.5, 0.6) is 0 Å². The second-order valence-corrected chi connectivity index (χ2v) is 5.63. The second-order valence-electron chi connectivity index (χ2n) is 4.49. The minimum absolute atomic E-state index is 0.451. The molecular weight excluding hydrogens is 242 g/mol. The predicted octanol–water partition coefficient (Wildman–Crippen LogP) is 3.42. The molecule has 3 heteroatoms. The maximum atomic E-state index is 5.08. The van der Waals surface area contributed by atoms with Crippen LogP contribution in [0.25, 0.3) is 0 Å². The Morgan fingerprint density at radius 1 is 1.28 bits per heavy atom. The molecule has 1 aromatic rings. The molecule has 0 aromatic heterocycles. The van der Waals surface area contributed by atoms with E-state index in [1.807, 2.05) is 11.8 Å². The number of ether oxygens (including phenoxy) is 1. The van der Waals surface area contributed by atoms with Gasteiger partial charge in [-0.3, -0.25) is 0 Å². The van der Waals surface area contributed by atoms with Crippen LogP contribution in [0.15, 0.2) is 24.3 Å². The highest BCUT2D eigenvalue weighted by molar-refractivity contribution is 7.99. The molecule has 0 radical (unpaired) electrons. The standard InChI is InChI=1S/C15H25NOS/c1-4-9-16-15(12-18-11-10-17-3)14-7-5-13(2)6-8-14/h5-8,15-16H,4,9-12H2,1-3H3. The first-order valence-electron chi connectivity index (χ1n) is 6.64. The topological polar surface area (TPSA) is 21.3 Å². The monoisotopic (exact) mass is 267 g/mol. The summed E-state index contributed by atoms with van der Waals surface area (Å²) < 4.78 is 5.08. The van der Waals surface area contributed by atoms with Gasteiger partial charge in [0, 0.05) is 24.7 Å². The van der Waals surface area contributed by atoms with Gasteiger partial charge in [0.05, 0.1) is 6.61 Å². The fourth-order valence-electron chi connectivity index (χ4n) is 1.73. The molecule has 0 aliphatic rings. The van der Waals surface area contributed by atoms with Crippen molar-refractivity contribution in [2.24, 2.45) is 0 Å². The molecule has 1 aromatic carbocycles. The van der Waals surface area contributed by atoms with Gasteiger partial charge in [-0.1, -0.05) is 36.8 Å². The number of hydrogen-bond acceptors (Lipinski definition) is 3. The van der Waals surface area contributed by atoms with Crippen LogP contribution in [0.3, 0.4) is 0 Å². The number of thioether (sulfide) groups is 1. The van der Waals surface area contributed by atoms with Gasteiger partial charge in [0.1, 0.15) is 0 Å². The average molecular weight is 267 g/mol. The highest BCUT2D eigenvalue weighted by atomic mass is 32.2.